The first-order valence-corrected chi connectivity index (χ1v) is 6.16. The lowest BCUT2D eigenvalue weighted by Crippen LogP contribution is -2.14. The first kappa shape index (κ1) is 13.5. The van der Waals surface area contributed by atoms with E-state index in [0.29, 0.717) is 17.0 Å². The number of aromatic nitrogens is 1. The van der Waals surface area contributed by atoms with Crippen LogP contribution < -0.4 is 5.73 Å². The van der Waals surface area contributed by atoms with Gasteiger partial charge in [-0.2, -0.15) is 0 Å². The van der Waals surface area contributed by atoms with E-state index in [1.165, 1.54) is 0 Å². The van der Waals surface area contributed by atoms with Crippen molar-refractivity contribution in [2.75, 3.05) is 0 Å². The number of benzene rings is 1. The van der Waals surface area contributed by atoms with E-state index in [-0.39, 0.29) is 11.8 Å². The SMILES string of the molecule is CC(C)(C)c1nc2cc(C(N)CC(=O)O)ccc2o1. The van der Waals surface area contributed by atoms with Gasteiger partial charge in [-0.1, -0.05) is 26.8 Å². The number of oxazole rings is 1. The van der Waals surface area contributed by atoms with E-state index in [4.69, 9.17) is 15.3 Å². The first-order chi connectivity index (χ1) is 8.77. The van der Waals surface area contributed by atoms with Gasteiger partial charge in [0.15, 0.2) is 5.58 Å². The summed E-state index contributed by atoms with van der Waals surface area (Å²) >= 11 is 0. The molecule has 0 spiro atoms. The van der Waals surface area contributed by atoms with Crippen molar-refractivity contribution < 1.29 is 14.3 Å². The number of hydrogen-bond acceptors (Lipinski definition) is 4. The molecule has 0 radical (unpaired) electrons. The molecule has 1 aromatic carbocycles. The average Bonchev–Trinajstić information content (AvgIpc) is 2.69. The van der Waals surface area contributed by atoms with Crippen molar-refractivity contribution in [1.82, 2.24) is 4.98 Å². The molecule has 1 aromatic heterocycles. The van der Waals surface area contributed by atoms with Gasteiger partial charge in [-0.3, -0.25) is 4.79 Å². The van der Waals surface area contributed by atoms with Crippen LogP contribution >= 0.6 is 0 Å². The van der Waals surface area contributed by atoms with Crippen molar-refractivity contribution in [3.05, 3.63) is 29.7 Å². The number of carbonyl (C=O) groups is 1. The van der Waals surface area contributed by atoms with E-state index >= 15 is 0 Å². The number of carboxylic acids is 1. The molecular formula is C14H18N2O3. The maximum absolute atomic E-state index is 10.7. The van der Waals surface area contributed by atoms with E-state index in [1.54, 1.807) is 18.2 Å². The van der Waals surface area contributed by atoms with E-state index in [0.717, 1.165) is 5.56 Å². The zero-order valence-corrected chi connectivity index (χ0v) is 11.3. The summed E-state index contributed by atoms with van der Waals surface area (Å²) in [6.45, 7) is 6.07. The second-order valence-electron chi connectivity index (χ2n) is 5.70. The Kier molecular flexibility index (Phi) is 3.32. The summed E-state index contributed by atoms with van der Waals surface area (Å²) in [7, 11) is 0. The molecule has 1 heterocycles. The number of hydrogen-bond donors (Lipinski definition) is 2. The average molecular weight is 262 g/mol. The number of aliphatic carboxylic acids is 1. The molecule has 5 nitrogen and oxygen atoms in total. The lowest BCUT2D eigenvalue weighted by molar-refractivity contribution is -0.137. The summed E-state index contributed by atoms with van der Waals surface area (Å²) < 4.78 is 5.68. The Hall–Kier alpha value is -1.88. The van der Waals surface area contributed by atoms with Crippen LogP contribution in [0.5, 0.6) is 0 Å². The van der Waals surface area contributed by atoms with Gasteiger partial charge in [0.25, 0.3) is 0 Å². The van der Waals surface area contributed by atoms with Gasteiger partial charge < -0.3 is 15.3 Å². The number of nitrogens with zero attached hydrogens (tertiary/aromatic N) is 1. The molecule has 0 aliphatic rings. The second kappa shape index (κ2) is 4.66. The molecule has 1 unspecified atom stereocenters. The van der Waals surface area contributed by atoms with Crippen LogP contribution in [-0.4, -0.2) is 16.1 Å². The van der Waals surface area contributed by atoms with Crippen molar-refractivity contribution in [2.24, 2.45) is 5.73 Å². The van der Waals surface area contributed by atoms with Gasteiger partial charge >= 0.3 is 5.97 Å². The molecule has 102 valence electrons. The van der Waals surface area contributed by atoms with E-state index in [9.17, 15) is 4.79 Å². The molecule has 0 saturated carbocycles. The van der Waals surface area contributed by atoms with Crippen LogP contribution in [-0.2, 0) is 10.2 Å². The monoisotopic (exact) mass is 262 g/mol. The zero-order valence-electron chi connectivity index (χ0n) is 11.3. The van der Waals surface area contributed by atoms with Crippen LogP contribution in [0.4, 0.5) is 0 Å². The van der Waals surface area contributed by atoms with Gasteiger partial charge in [-0.05, 0) is 17.7 Å². The number of rotatable bonds is 3. The molecule has 19 heavy (non-hydrogen) atoms. The Bertz CT molecular complexity index is 611. The highest BCUT2D eigenvalue weighted by molar-refractivity contribution is 5.74. The van der Waals surface area contributed by atoms with Crippen molar-refractivity contribution in [2.45, 2.75) is 38.6 Å². The molecule has 0 fully saturated rings. The summed E-state index contributed by atoms with van der Waals surface area (Å²) in [5.41, 5.74) is 7.83. The number of fused-ring (bicyclic) bond motifs is 1. The lowest BCUT2D eigenvalue weighted by Gasteiger charge is -2.11. The van der Waals surface area contributed by atoms with Crippen LogP contribution in [0.1, 0.15) is 44.7 Å². The Morgan fingerprint density at radius 2 is 2.16 bits per heavy atom. The largest absolute Gasteiger partial charge is 0.481 e. The molecule has 0 saturated heterocycles. The molecule has 5 heteroatoms. The quantitative estimate of drug-likeness (QED) is 0.887. The fourth-order valence-corrected chi connectivity index (χ4v) is 1.80. The smallest absolute Gasteiger partial charge is 0.305 e. The van der Waals surface area contributed by atoms with Gasteiger partial charge in [0.1, 0.15) is 5.52 Å². The number of nitrogens with two attached hydrogens (primary N) is 1. The van der Waals surface area contributed by atoms with Crippen molar-refractivity contribution >= 4 is 17.1 Å². The van der Waals surface area contributed by atoms with Crippen molar-refractivity contribution in [3.8, 4) is 0 Å². The fourth-order valence-electron chi connectivity index (χ4n) is 1.80. The van der Waals surface area contributed by atoms with Crippen LogP contribution in [0.3, 0.4) is 0 Å². The standard InChI is InChI=1S/C14H18N2O3/c1-14(2,3)13-16-10-6-8(4-5-11(10)19-13)9(15)7-12(17)18/h4-6,9H,7,15H2,1-3H3,(H,17,18). The minimum Gasteiger partial charge on any atom is -0.481 e. The predicted octanol–water partition coefficient (Wildman–Crippen LogP) is 2.60. The maximum atomic E-state index is 10.7. The van der Waals surface area contributed by atoms with Gasteiger partial charge in [0.05, 0.1) is 6.42 Å². The molecule has 0 aliphatic carbocycles. The predicted molar refractivity (Wildman–Crippen MR) is 71.9 cm³/mol. The van der Waals surface area contributed by atoms with Gasteiger partial charge in [-0.25, -0.2) is 4.98 Å². The summed E-state index contributed by atoms with van der Waals surface area (Å²) in [5, 5.41) is 8.76. The molecule has 2 aromatic rings. The minimum atomic E-state index is -0.914. The fraction of sp³-hybridized carbons (Fsp3) is 0.429. The third-order valence-corrected chi connectivity index (χ3v) is 2.88. The molecule has 2 rings (SSSR count). The molecular weight excluding hydrogens is 244 g/mol. The Morgan fingerprint density at radius 3 is 2.74 bits per heavy atom. The molecule has 3 N–H and O–H groups in total. The summed E-state index contributed by atoms with van der Waals surface area (Å²) in [5.74, 6) is -0.255. The van der Waals surface area contributed by atoms with Crippen molar-refractivity contribution in [3.63, 3.8) is 0 Å². The topological polar surface area (TPSA) is 89.3 Å². The van der Waals surface area contributed by atoms with Gasteiger partial charge in [0.2, 0.25) is 5.89 Å². The highest BCUT2D eigenvalue weighted by atomic mass is 16.4. The van der Waals surface area contributed by atoms with Crippen molar-refractivity contribution in [1.29, 1.82) is 0 Å². The van der Waals surface area contributed by atoms with E-state index < -0.39 is 12.0 Å². The van der Waals surface area contributed by atoms with E-state index in [2.05, 4.69) is 4.98 Å². The van der Waals surface area contributed by atoms with Crippen LogP contribution in [0, 0.1) is 0 Å². The summed E-state index contributed by atoms with van der Waals surface area (Å²) in [6.07, 6.45) is -0.102. The molecule has 0 aliphatic heterocycles. The first-order valence-electron chi connectivity index (χ1n) is 6.16. The zero-order chi connectivity index (χ0) is 14.2. The molecule has 1 atom stereocenters. The number of carboxylic acid groups (broad SMARTS) is 1. The lowest BCUT2D eigenvalue weighted by atomic mass is 9.97. The molecule has 0 amide bonds. The van der Waals surface area contributed by atoms with Crippen LogP contribution in [0.15, 0.2) is 22.6 Å². The summed E-state index contributed by atoms with van der Waals surface area (Å²) in [6, 6.07) is 4.83. The maximum Gasteiger partial charge on any atom is 0.305 e. The third-order valence-electron chi connectivity index (χ3n) is 2.88. The Labute approximate surface area is 111 Å². The Morgan fingerprint density at radius 1 is 1.47 bits per heavy atom. The molecule has 0 bridgehead atoms. The minimum absolute atomic E-state index is 0.102. The van der Waals surface area contributed by atoms with Crippen LogP contribution in [0.25, 0.3) is 11.1 Å². The Balaban J connectivity index is 2.38. The normalized spacial score (nSPS) is 13.7. The van der Waals surface area contributed by atoms with E-state index in [1.807, 2.05) is 20.8 Å². The van der Waals surface area contributed by atoms with Gasteiger partial charge in [-0.15, -0.1) is 0 Å². The highest BCUT2D eigenvalue weighted by Crippen LogP contribution is 2.27. The third kappa shape index (κ3) is 2.93. The van der Waals surface area contributed by atoms with Gasteiger partial charge in [0, 0.05) is 11.5 Å². The summed E-state index contributed by atoms with van der Waals surface area (Å²) in [4.78, 5) is 15.1. The van der Waals surface area contributed by atoms with Crippen LogP contribution in [0.2, 0.25) is 0 Å². The highest BCUT2D eigenvalue weighted by Gasteiger charge is 2.21. The second-order valence-corrected chi connectivity index (χ2v) is 5.70.